The van der Waals surface area contributed by atoms with Crippen LogP contribution < -0.4 is 22.0 Å². The Morgan fingerprint density at radius 3 is 1.27 bits per heavy atom. The van der Waals surface area contributed by atoms with Gasteiger partial charge in [-0.1, -0.05) is 111 Å². The molecule has 3 aliphatic heterocycles. The predicted octanol–water partition coefficient (Wildman–Crippen LogP) is 4.84. The van der Waals surface area contributed by atoms with Crippen LogP contribution >= 0.6 is 0 Å². The van der Waals surface area contributed by atoms with Crippen molar-refractivity contribution >= 4 is 33.2 Å². The lowest BCUT2D eigenvalue weighted by Gasteiger charge is -2.22. The number of hydrogen-bond donors (Lipinski definition) is 2. The van der Waals surface area contributed by atoms with E-state index in [1.807, 2.05) is 97.1 Å². The molecule has 0 fully saturated rings. The summed E-state index contributed by atoms with van der Waals surface area (Å²) < 4.78 is 13.2. The standard InChI is InChI=1S/C38H32N8O2/c1-3-21-47-37-29-19-11-9-17-27(29)35(45-37)41-32-24-14-6-8-16-26(24)34(40-32)44-38(48-22-4-2)30-20-12-10-18-28(30)36(46-38)42-31-23-13-5-7-15-25(23)33(39-31)43-37/h5-20H,3-4,21-22H2,1-2H3,(H,39,42,43,46)(H,40,41,44,45). The lowest BCUT2D eigenvalue weighted by atomic mass is 10.1. The normalized spacial score (nSPS) is 22.0. The fourth-order valence-electron chi connectivity index (χ4n) is 6.72. The molecule has 2 aromatic heterocycles. The second-order valence-corrected chi connectivity index (χ2v) is 12.1. The van der Waals surface area contributed by atoms with Crippen molar-refractivity contribution in [3.63, 3.8) is 0 Å². The fraction of sp³-hybridized carbons (Fsp3) is 0.211. The first-order valence-electron chi connectivity index (χ1n) is 16.4. The summed E-state index contributed by atoms with van der Waals surface area (Å²) in [4.78, 5) is 38.3. The number of nitrogens with one attached hydrogen (secondary N) is 2. The van der Waals surface area contributed by atoms with E-state index in [1.54, 1.807) is 0 Å². The van der Waals surface area contributed by atoms with Crippen LogP contribution in [0.2, 0.25) is 0 Å². The number of amidine groups is 2. The maximum absolute atomic E-state index is 6.59. The van der Waals surface area contributed by atoms with Crippen molar-refractivity contribution in [1.82, 2.24) is 9.97 Å². The van der Waals surface area contributed by atoms with Crippen LogP contribution in [0, 0.1) is 0 Å². The van der Waals surface area contributed by atoms with Gasteiger partial charge in [0.15, 0.2) is 11.7 Å². The molecule has 236 valence electrons. The third-order valence-electron chi connectivity index (χ3n) is 8.88. The van der Waals surface area contributed by atoms with Crippen LogP contribution in [0.25, 0.3) is 21.5 Å². The summed E-state index contributed by atoms with van der Waals surface area (Å²) in [6.45, 7) is 5.05. The highest BCUT2D eigenvalue weighted by molar-refractivity contribution is 6.05. The third-order valence-corrected chi connectivity index (χ3v) is 8.88. The Bertz CT molecular complexity index is 2400. The zero-order chi connectivity index (χ0) is 32.3. The second kappa shape index (κ2) is 11.0. The Kier molecular flexibility index (Phi) is 6.56. The lowest BCUT2D eigenvalue weighted by Crippen LogP contribution is -2.28. The number of hydrogen-bond acceptors (Lipinski definition) is 8. The van der Waals surface area contributed by atoms with Crippen molar-refractivity contribution in [2.75, 3.05) is 13.2 Å². The molecular formula is C38H32N8O2. The molecule has 10 heteroatoms. The summed E-state index contributed by atoms with van der Waals surface area (Å²) in [7, 11) is 0. The number of aromatic nitrogens is 2. The Labute approximate surface area is 275 Å². The molecule has 4 aromatic carbocycles. The molecular weight excluding hydrogens is 600 g/mol. The maximum atomic E-state index is 6.59. The minimum absolute atomic E-state index is 0.451. The molecule has 0 saturated heterocycles. The number of ether oxygens (including phenoxy) is 2. The van der Waals surface area contributed by atoms with Gasteiger partial charge in [0, 0.05) is 43.8 Å². The number of nitrogens with zero attached hydrogens (tertiary/aromatic N) is 6. The lowest BCUT2D eigenvalue weighted by molar-refractivity contribution is -0.0377. The Hall–Kier alpha value is -5.58. The van der Waals surface area contributed by atoms with E-state index in [-0.39, 0.29) is 0 Å². The molecule has 0 spiro atoms. The Morgan fingerprint density at radius 2 is 0.854 bits per heavy atom. The van der Waals surface area contributed by atoms with E-state index in [0.29, 0.717) is 46.8 Å². The Morgan fingerprint density at radius 1 is 0.479 bits per heavy atom. The zero-order valence-corrected chi connectivity index (χ0v) is 26.6. The molecule has 0 radical (unpaired) electrons. The van der Waals surface area contributed by atoms with E-state index in [9.17, 15) is 0 Å². The highest BCUT2D eigenvalue weighted by Crippen LogP contribution is 2.40. The average molecular weight is 633 g/mol. The summed E-state index contributed by atoms with van der Waals surface area (Å²) in [5, 5.41) is 3.58. The average Bonchev–Trinajstić information content (AvgIpc) is 3.83. The number of benzene rings is 4. The molecule has 3 aliphatic rings. The van der Waals surface area contributed by atoms with Gasteiger partial charge >= 0.3 is 0 Å². The summed E-state index contributed by atoms with van der Waals surface area (Å²) in [5.74, 6) is -1.69. The molecule has 48 heavy (non-hydrogen) atoms. The van der Waals surface area contributed by atoms with Crippen molar-refractivity contribution in [2.45, 2.75) is 38.4 Å². The monoisotopic (exact) mass is 632 g/mol. The SMILES string of the molecule is CCCOC12N=C(N=c3[nH]/c(c4ccccc34)=N\C3(OCCC)N=C(N=c4[nH]/c(c5ccccc45)=N\1)c1ccccc13)c1ccccc12. The highest BCUT2D eigenvalue weighted by atomic mass is 16.5. The van der Waals surface area contributed by atoms with E-state index < -0.39 is 11.7 Å². The van der Waals surface area contributed by atoms with E-state index in [0.717, 1.165) is 56.6 Å². The zero-order valence-electron chi connectivity index (χ0n) is 26.6. The van der Waals surface area contributed by atoms with Crippen LogP contribution in [0.5, 0.6) is 0 Å². The molecule has 10 nitrogen and oxygen atoms in total. The number of aromatic amines is 2. The van der Waals surface area contributed by atoms with Gasteiger partial charge in [0.25, 0.3) is 11.7 Å². The van der Waals surface area contributed by atoms with Gasteiger partial charge in [0.05, 0.1) is 13.2 Å². The summed E-state index contributed by atoms with van der Waals surface area (Å²) >= 11 is 0. The third kappa shape index (κ3) is 4.33. The smallest absolute Gasteiger partial charge is 0.289 e. The number of aliphatic imine (C=N–C) groups is 2. The molecule has 0 amide bonds. The van der Waals surface area contributed by atoms with Crippen LogP contribution in [-0.4, -0.2) is 34.9 Å². The Balaban J connectivity index is 1.46. The van der Waals surface area contributed by atoms with Crippen LogP contribution in [0.15, 0.2) is 127 Å². The molecule has 2 unspecified atom stereocenters. The van der Waals surface area contributed by atoms with Gasteiger partial charge in [-0.15, -0.1) is 0 Å². The number of rotatable bonds is 6. The van der Waals surface area contributed by atoms with Crippen molar-refractivity contribution in [3.05, 3.63) is 141 Å². The molecule has 8 bridgehead atoms. The van der Waals surface area contributed by atoms with Gasteiger partial charge in [0.2, 0.25) is 0 Å². The number of H-pyrrole nitrogens is 2. The minimum atomic E-state index is -1.36. The molecule has 9 rings (SSSR count). The summed E-state index contributed by atoms with van der Waals surface area (Å²) in [6, 6.07) is 32.1. The quantitative estimate of drug-likeness (QED) is 0.273. The van der Waals surface area contributed by atoms with E-state index in [2.05, 4.69) is 23.8 Å². The second-order valence-electron chi connectivity index (χ2n) is 12.1. The molecule has 5 heterocycles. The fourth-order valence-corrected chi connectivity index (χ4v) is 6.72. The van der Waals surface area contributed by atoms with Gasteiger partial charge in [0.1, 0.15) is 22.0 Å². The van der Waals surface area contributed by atoms with Gasteiger partial charge in [-0.3, -0.25) is 0 Å². The molecule has 6 aromatic rings. The van der Waals surface area contributed by atoms with Crippen molar-refractivity contribution in [1.29, 1.82) is 0 Å². The maximum Gasteiger partial charge on any atom is 0.289 e. The van der Waals surface area contributed by atoms with Crippen molar-refractivity contribution in [2.24, 2.45) is 30.0 Å². The number of fused-ring (bicyclic) bond motifs is 18. The molecule has 2 N–H and O–H groups in total. The summed E-state index contributed by atoms with van der Waals surface area (Å²) in [6.07, 6.45) is 1.58. The van der Waals surface area contributed by atoms with Crippen LogP contribution in [0.3, 0.4) is 0 Å². The van der Waals surface area contributed by atoms with Gasteiger partial charge < -0.3 is 19.4 Å². The highest BCUT2D eigenvalue weighted by Gasteiger charge is 2.43. The van der Waals surface area contributed by atoms with E-state index in [1.165, 1.54) is 0 Å². The van der Waals surface area contributed by atoms with Crippen molar-refractivity contribution < 1.29 is 9.47 Å². The van der Waals surface area contributed by atoms with Crippen molar-refractivity contribution in [3.8, 4) is 0 Å². The minimum Gasteiger partial charge on any atom is -0.332 e. The van der Waals surface area contributed by atoms with Gasteiger partial charge in [-0.2, -0.15) is 0 Å². The van der Waals surface area contributed by atoms with E-state index in [4.69, 9.17) is 39.4 Å². The molecule has 2 atom stereocenters. The van der Waals surface area contributed by atoms with Gasteiger partial charge in [-0.25, -0.2) is 30.0 Å². The molecule has 0 saturated carbocycles. The van der Waals surface area contributed by atoms with Crippen LogP contribution in [0.1, 0.15) is 48.9 Å². The summed E-state index contributed by atoms with van der Waals surface area (Å²) in [5.41, 5.74) is 5.79. The van der Waals surface area contributed by atoms with Crippen LogP contribution in [0.4, 0.5) is 0 Å². The van der Waals surface area contributed by atoms with Crippen LogP contribution in [-0.2, 0) is 21.2 Å². The molecule has 0 aliphatic carbocycles. The largest absolute Gasteiger partial charge is 0.332 e. The topological polar surface area (TPSA) is 124 Å². The van der Waals surface area contributed by atoms with Gasteiger partial charge in [-0.05, 0) is 12.8 Å². The van der Waals surface area contributed by atoms with E-state index >= 15 is 0 Å². The predicted molar refractivity (Wildman–Crippen MR) is 183 cm³/mol. The first-order chi connectivity index (χ1) is 23.6. The first-order valence-corrected chi connectivity index (χ1v) is 16.4. The first kappa shape index (κ1) is 28.6.